The van der Waals surface area contributed by atoms with Crippen LogP contribution in [0.5, 0.6) is 0 Å². The van der Waals surface area contributed by atoms with E-state index in [9.17, 15) is 0 Å². The zero-order valence-corrected chi connectivity index (χ0v) is 20.8. The highest BCUT2D eigenvalue weighted by Gasteiger charge is 2.43. The molecule has 1 aromatic carbocycles. The van der Waals surface area contributed by atoms with Crippen molar-refractivity contribution in [2.24, 2.45) is 0 Å². The summed E-state index contributed by atoms with van der Waals surface area (Å²) in [5, 5.41) is 0. The molecule has 29 heavy (non-hydrogen) atoms. The summed E-state index contributed by atoms with van der Waals surface area (Å²) in [6, 6.07) is 8.57. The Bertz CT molecular complexity index is 482. The Morgan fingerprint density at radius 2 is 1.17 bits per heavy atom. The van der Waals surface area contributed by atoms with E-state index in [2.05, 4.69) is 67.9 Å². The Kier molecular flexibility index (Phi) is 15.0. The largest absolute Gasteiger partial charge is 0.327 e. The molecule has 0 bridgehead atoms. The fourth-order valence-corrected chi connectivity index (χ4v) is 3.80. The molecule has 0 saturated carbocycles. The van der Waals surface area contributed by atoms with Gasteiger partial charge in [-0.15, -0.1) is 0 Å². The van der Waals surface area contributed by atoms with E-state index in [1.165, 1.54) is 37.7 Å². The summed E-state index contributed by atoms with van der Waals surface area (Å²) in [6.45, 7) is 10.6. The Balaban J connectivity index is 3.08. The standard InChI is InChI=1S/C25H43BrO3/c1-5-9-10-11-12-13-14-24(22-15-17-23(26)18-16-22)25(27-19-6-2,28-20-7-3)29-21-8-4/h15-18,24H,5-14,19-21H2,1-4H3. The first-order valence-corrected chi connectivity index (χ1v) is 12.6. The van der Waals surface area contributed by atoms with Crippen LogP contribution in [0.2, 0.25) is 0 Å². The van der Waals surface area contributed by atoms with Gasteiger partial charge in [-0.1, -0.05) is 94.3 Å². The second-order valence-electron chi connectivity index (χ2n) is 7.81. The van der Waals surface area contributed by atoms with Crippen molar-refractivity contribution in [2.75, 3.05) is 19.8 Å². The number of unbranched alkanes of at least 4 members (excludes halogenated alkanes) is 5. The number of ether oxygens (including phenoxy) is 3. The van der Waals surface area contributed by atoms with Crippen LogP contribution >= 0.6 is 15.9 Å². The Hall–Kier alpha value is -0.420. The average Bonchev–Trinajstić information content (AvgIpc) is 2.74. The van der Waals surface area contributed by atoms with E-state index in [-0.39, 0.29) is 5.92 Å². The van der Waals surface area contributed by atoms with Gasteiger partial charge >= 0.3 is 0 Å². The number of rotatable bonds is 18. The van der Waals surface area contributed by atoms with E-state index in [0.717, 1.165) is 36.6 Å². The Labute approximate surface area is 188 Å². The molecular formula is C25H43BrO3. The summed E-state index contributed by atoms with van der Waals surface area (Å²) in [4.78, 5) is 0. The van der Waals surface area contributed by atoms with Crippen LogP contribution in [0.4, 0.5) is 0 Å². The molecule has 0 N–H and O–H groups in total. The lowest BCUT2D eigenvalue weighted by Crippen LogP contribution is -2.46. The number of benzene rings is 1. The normalized spacial score (nSPS) is 13.0. The third kappa shape index (κ3) is 9.95. The highest BCUT2D eigenvalue weighted by atomic mass is 79.9. The quantitative estimate of drug-likeness (QED) is 0.159. The van der Waals surface area contributed by atoms with Crippen LogP contribution < -0.4 is 0 Å². The van der Waals surface area contributed by atoms with Crippen LogP contribution in [0.3, 0.4) is 0 Å². The second kappa shape index (κ2) is 16.3. The lowest BCUT2D eigenvalue weighted by Gasteiger charge is -2.40. The lowest BCUT2D eigenvalue weighted by atomic mass is 9.90. The van der Waals surface area contributed by atoms with Gasteiger partial charge in [0, 0.05) is 4.47 Å². The molecular weight excluding hydrogens is 428 g/mol. The van der Waals surface area contributed by atoms with Crippen molar-refractivity contribution < 1.29 is 14.2 Å². The molecule has 0 saturated heterocycles. The van der Waals surface area contributed by atoms with Crippen LogP contribution in [0.1, 0.15) is 103 Å². The summed E-state index contributed by atoms with van der Waals surface area (Å²) in [7, 11) is 0. The fourth-order valence-electron chi connectivity index (χ4n) is 3.53. The van der Waals surface area contributed by atoms with Gasteiger partial charge < -0.3 is 14.2 Å². The van der Waals surface area contributed by atoms with Crippen molar-refractivity contribution in [1.82, 2.24) is 0 Å². The lowest BCUT2D eigenvalue weighted by molar-refractivity contribution is -0.392. The molecule has 1 aromatic rings. The van der Waals surface area contributed by atoms with Crippen molar-refractivity contribution >= 4 is 15.9 Å². The van der Waals surface area contributed by atoms with Gasteiger partial charge in [0.15, 0.2) is 0 Å². The van der Waals surface area contributed by atoms with Crippen molar-refractivity contribution in [1.29, 1.82) is 0 Å². The van der Waals surface area contributed by atoms with E-state index in [1.807, 2.05) is 0 Å². The van der Waals surface area contributed by atoms with Crippen molar-refractivity contribution in [3.63, 3.8) is 0 Å². The minimum atomic E-state index is -1.00. The second-order valence-corrected chi connectivity index (χ2v) is 8.73. The first-order valence-electron chi connectivity index (χ1n) is 11.8. The molecule has 1 atom stereocenters. The molecule has 1 rings (SSSR count). The molecule has 168 valence electrons. The smallest absolute Gasteiger partial charge is 0.290 e. The fraction of sp³-hybridized carbons (Fsp3) is 0.760. The average molecular weight is 472 g/mol. The van der Waals surface area contributed by atoms with Gasteiger partial charge in [-0.2, -0.15) is 0 Å². The van der Waals surface area contributed by atoms with E-state index in [0.29, 0.717) is 19.8 Å². The molecule has 0 aromatic heterocycles. The topological polar surface area (TPSA) is 27.7 Å². The van der Waals surface area contributed by atoms with Crippen molar-refractivity contribution in [2.45, 2.75) is 104 Å². The maximum atomic E-state index is 6.37. The van der Waals surface area contributed by atoms with Crippen LogP contribution in [-0.4, -0.2) is 25.8 Å². The highest BCUT2D eigenvalue weighted by molar-refractivity contribution is 9.10. The Morgan fingerprint density at radius 3 is 1.66 bits per heavy atom. The van der Waals surface area contributed by atoms with Crippen LogP contribution in [0, 0.1) is 0 Å². The third-order valence-electron chi connectivity index (χ3n) is 5.07. The van der Waals surface area contributed by atoms with E-state index in [1.54, 1.807) is 0 Å². The molecule has 0 heterocycles. The molecule has 0 fully saturated rings. The first-order chi connectivity index (χ1) is 14.1. The van der Waals surface area contributed by atoms with Gasteiger partial charge in [-0.05, 0) is 43.4 Å². The van der Waals surface area contributed by atoms with Gasteiger partial charge in [0.05, 0.1) is 25.7 Å². The summed E-state index contributed by atoms with van der Waals surface area (Å²) < 4.78 is 20.2. The van der Waals surface area contributed by atoms with Gasteiger partial charge in [-0.25, -0.2) is 0 Å². The minimum absolute atomic E-state index is 0.0615. The van der Waals surface area contributed by atoms with E-state index < -0.39 is 5.97 Å². The monoisotopic (exact) mass is 470 g/mol. The summed E-state index contributed by atoms with van der Waals surface area (Å²) in [5.41, 5.74) is 1.23. The van der Waals surface area contributed by atoms with Gasteiger partial charge in [0.25, 0.3) is 5.97 Å². The van der Waals surface area contributed by atoms with E-state index >= 15 is 0 Å². The molecule has 3 nitrogen and oxygen atoms in total. The molecule has 1 unspecified atom stereocenters. The van der Waals surface area contributed by atoms with Crippen molar-refractivity contribution in [3.05, 3.63) is 34.3 Å². The number of hydrogen-bond acceptors (Lipinski definition) is 3. The molecule has 0 spiro atoms. The van der Waals surface area contributed by atoms with Crippen LogP contribution in [0.15, 0.2) is 28.7 Å². The number of hydrogen-bond donors (Lipinski definition) is 0. The first kappa shape index (κ1) is 26.6. The SMILES string of the molecule is CCCCCCCCC(c1ccc(Br)cc1)C(OCCC)(OCCC)OCCC. The van der Waals surface area contributed by atoms with Gasteiger partial charge in [-0.3, -0.25) is 0 Å². The number of halogens is 1. The zero-order chi connectivity index (χ0) is 21.4. The van der Waals surface area contributed by atoms with Gasteiger partial charge in [0.1, 0.15) is 0 Å². The molecule has 0 aliphatic heterocycles. The Morgan fingerprint density at radius 1 is 0.690 bits per heavy atom. The summed E-state index contributed by atoms with van der Waals surface area (Å²) >= 11 is 3.56. The zero-order valence-electron chi connectivity index (χ0n) is 19.2. The third-order valence-corrected chi connectivity index (χ3v) is 5.60. The molecule has 0 aliphatic carbocycles. The molecule has 0 aliphatic rings. The molecule has 0 amide bonds. The maximum absolute atomic E-state index is 6.37. The van der Waals surface area contributed by atoms with E-state index in [4.69, 9.17) is 14.2 Å². The minimum Gasteiger partial charge on any atom is -0.327 e. The predicted molar refractivity (Wildman–Crippen MR) is 126 cm³/mol. The van der Waals surface area contributed by atoms with Gasteiger partial charge in [0.2, 0.25) is 0 Å². The highest BCUT2D eigenvalue weighted by Crippen LogP contribution is 2.39. The molecule has 4 heteroatoms. The summed E-state index contributed by atoms with van der Waals surface area (Å²) in [5.74, 6) is -0.939. The van der Waals surface area contributed by atoms with Crippen LogP contribution in [-0.2, 0) is 14.2 Å². The maximum Gasteiger partial charge on any atom is 0.290 e. The molecule has 0 radical (unpaired) electrons. The summed E-state index contributed by atoms with van der Waals surface area (Å²) in [6.07, 6.45) is 11.5. The van der Waals surface area contributed by atoms with Crippen molar-refractivity contribution in [3.8, 4) is 0 Å². The van der Waals surface area contributed by atoms with Crippen LogP contribution in [0.25, 0.3) is 0 Å². The predicted octanol–water partition coefficient (Wildman–Crippen LogP) is 8.22.